The standard InChI is InChI=1S/C94H52N6O2S2/c1-4-19-53(20-5-1)73-51-78(70-33-18-32-69-63-29-12-15-36-82(63)104-92(69)70)96-87-65(73)41-43-71-85(97-93(99-89(71)87)54-21-6-2-7-22-54)59-26-16-25-56(47-59)57-37-40-64-76-48-58(39-46-83(76)103-84(64)50-57)77-52-74(68-31-17-30-67-61-27-10-14-35-80(61)102-91(67)68)66-42-44-72-86(60-38-45-81-75(49-60)62-28-11-13-34-79(62)101-81)98-94(55-23-8-3-9-24-55)100-90(72)88(66)95-77/h1-52H. The highest BCUT2D eigenvalue weighted by Crippen LogP contribution is 2.48. The van der Waals surface area contributed by atoms with Gasteiger partial charge in [0, 0.05) is 122 Å². The Morgan fingerprint density at radius 2 is 0.692 bits per heavy atom. The second-order valence-electron chi connectivity index (χ2n) is 26.7. The first-order chi connectivity index (χ1) is 51.5. The molecule has 0 saturated carbocycles. The monoisotopic (exact) mass is 1360 g/mol. The van der Waals surface area contributed by atoms with Gasteiger partial charge in [0.25, 0.3) is 0 Å². The average Bonchev–Trinajstić information content (AvgIpc) is 0.873. The quantitative estimate of drug-likeness (QED) is 0.132. The average molecular weight is 1360 g/mol. The Bertz CT molecular complexity index is 7370. The Hall–Kier alpha value is -13.4. The maximum absolute atomic E-state index is 6.84. The van der Waals surface area contributed by atoms with Gasteiger partial charge in [-0.15, -0.1) is 22.7 Å². The van der Waals surface area contributed by atoms with E-state index in [1.807, 2.05) is 59.9 Å². The molecule has 0 fully saturated rings. The topological polar surface area (TPSA) is 104 Å². The van der Waals surface area contributed by atoms with Gasteiger partial charge >= 0.3 is 0 Å². The first-order valence-corrected chi connectivity index (χ1v) is 36.4. The minimum atomic E-state index is 0.610. The Balaban J connectivity index is 0.696. The summed E-state index contributed by atoms with van der Waals surface area (Å²) in [6.45, 7) is 0. The number of pyridine rings is 2. The molecule has 8 nitrogen and oxygen atoms in total. The molecule has 0 unspecified atom stereocenters. The molecule has 0 saturated heterocycles. The minimum Gasteiger partial charge on any atom is -0.456 e. The number of para-hydroxylation sites is 3. The van der Waals surface area contributed by atoms with Crippen LogP contribution in [0.1, 0.15) is 0 Å². The van der Waals surface area contributed by atoms with Crippen LogP contribution in [0.15, 0.2) is 324 Å². The van der Waals surface area contributed by atoms with E-state index < -0.39 is 0 Å². The van der Waals surface area contributed by atoms with Crippen molar-refractivity contribution >= 4 is 151 Å². The zero-order valence-corrected chi connectivity index (χ0v) is 57.0. The number of aromatic nitrogens is 6. The van der Waals surface area contributed by atoms with Gasteiger partial charge in [-0.2, -0.15) is 0 Å². The fourth-order valence-corrected chi connectivity index (χ4v) is 18.1. The van der Waals surface area contributed by atoms with Gasteiger partial charge in [0.05, 0.1) is 33.8 Å². The Morgan fingerprint density at radius 3 is 1.43 bits per heavy atom. The van der Waals surface area contributed by atoms with Crippen molar-refractivity contribution in [2.45, 2.75) is 0 Å². The van der Waals surface area contributed by atoms with Gasteiger partial charge in [0.15, 0.2) is 11.6 Å². The van der Waals surface area contributed by atoms with Gasteiger partial charge in [0.2, 0.25) is 0 Å². The maximum atomic E-state index is 6.84. The van der Waals surface area contributed by atoms with E-state index in [0.717, 1.165) is 182 Å². The van der Waals surface area contributed by atoms with E-state index in [2.05, 4.69) is 267 Å². The van der Waals surface area contributed by atoms with E-state index in [1.165, 1.54) is 35.0 Å². The Kier molecular flexibility index (Phi) is 13.0. The lowest BCUT2D eigenvalue weighted by atomic mass is 9.94. The van der Waals surface area contributed by atoms with E-state index >= 15 is 0 Å². The van der Waals surface area contributed by atoms with Gasteiger partial charge in [-0.05, 0) is 113 Å². The first-order valence-electron chi connectivity index (χ1n) is 34.8. The van der Waals surface area contributed by atoms with Gasteiger partial charge < -0.3 is 8.83 Å². The van der Waals surface area contributed by atoms with Crippen molar-refractivity contribution in [3.63, 3.8) is 0 Å². The molecule has 0 N–H and O–H groups in total. The second-order valence-corrected chi connectivity index (χ2v) is 28.8. The lowest BCUT2D eigenvalue weighted by molar-refractivity contribution is 0.669. The summed E-state index contributed by atoms with van der Waals surface area (Å²) >= 11 is 3.62. The van der Waals surface area contributed by atoms with Crippen molar-refractivity contribution in [2.75, 3.05) is 0 Å². The van der Waals surface area contributed by atoms with Crippen LogP contribution in [0, 0.1) is 0 Å². The summed E-state index contributed by atoms with van der Waals surface area (Å²) < 4.78 is 18.0. The molecule has 10 heteroatoms. The van der Waals surface area contributed by atoms with Crippen molar-refractivity contribution in [1.82, 2.24) is 29.9 Å². The van der Waals surface area contributed by atoms with Gasteiger partial charge in [0.1, 0.15) is 33.4 Å². The molecule has 8 heterocycles. The molecule has 22 rings (SSSR count). The van der Waals surface area contributed by atoms with Crippen LogP contribution < -0.4 is 0 Å². The lowest BCUT2D eigenvalue weighted by Gasteiger charge is -2.15. The summed E-state index contributed by atoms with van der Waals surface area (Å²) in [4.78, 5) is 33.4. The molecule has 0 spiro atoms. The molecule has 0 bridgehead atoms. The third-order valence-corrected chi connectivity index (χ3v) is 23.1. The Labute approximate surface area is 601 Å². The van der Waals surface area contributed by atoms with Crippen molar-refractivity contribution in [2.24, 2.45) is 0 Å². The number of hydrogen-bond donors (Lipinski definition) is 0. The molecular weight excluding hydrogens is 1310 g/mol. The summed E-state index contributed by atoms with van der Waals surface area (Å²) in [7, 11) is 0. The normalized spacial score (nSPS) is 12.0. The number of fused-ring (bicyclic) bond motifs is 18. The molecule has 0 radical (unpaired) electrons. The zero-order valence-electron chi connectivity index (χ0n) is 55.3. The number of benzene rings is 14. The third-order valence-electron chi connectivity index (χ3n) is 20.7. The summed E-state index contributed by atoms with van der Waals surface area (Å²) in [5.41, 5.74) is 22.0. The highest BCUT2D eigenvalue weighted by atomic mass is 32.1. The fourth-order valence-electron chi connectivity index (χ4n) is 15.7. The smallest absolute Gasteiger partial charge is 0.160 e. The number of rotatable bonds is 9. The Morgan fingerprint density at radius 1 is 0.212 bits per heavy atom. The van der Waals surface area contributed by atoms with E-state index in [0.29, 0.717) is 11.6 Å². The molecule has 22 aromatic rings. The number of hydrogen-bond acceptors (Lipinski definition) is 10. The van der Waals surface area contributed by atoms with E-state index in [4.69, 9.17) is 38.7 Å². The molecule has 14 aromatic carbocycles. The van der Waals surface area contributed by atoms with Crippen LogP contribution in [-0.2, 0) is 0 Å². The van der Waals surface area contributed by atoms with Crippen LogP contribution in [0.2, 0.25) is 0 Å². The maximum Gasteiger partial charge on any atom is 0.160 e. The molecule has 8 aromatic heterocycles. The molecule has 0 aliphatic carbocycles. The largest absolute Gasteiger partial charge is 0.456 e. The summed E-state index contributed by atoms with van der Waals surface area (Å²) in [6, 6.07) is 112. The molecule has 0 aliphatic rings. The molecular formula is C94H52N6O2S2. The van der Waals surface area contributed by atoms with Crippen molar-refractivity contribution in [1.29, 1.82) is 0 Å². The van der Waals surface area contributed by atoms with Crippen LogP contribution >= 0.6 is 22.7 Å². The molecule has 104 heavy (non-hydrogen) atoms. The summed E-state index contributed by atoms with van der Waals surface area (Å²) in [5, 5.41) is 12.8. The van der Waals surface area contributed by atoms with E-state index in [1.54, 1.807) is 11.3 Å². The fraction of sp³-hybridized carbons (Fsp3) is 0. The predicted molar refractivity (Wildman–Crippen MR) is 432 cm³/mol. The summed E-state index contributed by atoms with van der Waals surface area (Å²) in [6.07, 6.45) is 0. The van der Waals surface area contributed by atoms with Crippen LogP contribution in [0.4, 0.5) is 0 Å². The lowest BCUT2D eigenvalue weighted by Crippen LogP contribution is -1.98. The van der Waals surface area contributed by atoms with Crippen molar-refractivity contribution in [3.8, 4) is 101 Å². The molecule has 0 aliphatic heterocycles. The minimum absolute atomic E-state index is 0.610. The van der Waals surface area contributed by atoms with Gasteiger partial charge in [-0.3, -0.25) is 0 Å². The number of nitrogens with zero attached hydrogens (tertiary/aromatic N) is 6. The van der Waals surface area contributed by atoms with Crippen LogP contribution in [-0.4, -0.2) is 29.9 Å². The van der Waals surface area contributed by atoms with Crippen LogP contribution in [0.3, 0.4) is 0 Å². The molecule has 0 atom stereocenters. The van der Waals surface area contributed by atoms with Crippen molar-refractivity contribution in [3.05, 3.63) is 315 Å². The van der Waals surface area contributed by atoms with Crippen LogP contribution in [0.25, 0.3) is 229 Å². The van der Waals surface area contributed by atoms with Crippen LogP contribution in [0.5, 0.6) is 0 Å². The molecule has 0 amide bonds. The number of thiophene rings is 2. The van der Waals surface area contributed by atoms with Gasteiger partial charge in [-0.25, -0.2) is 29.9 Å². The zero-order chi connectivity index (χ0) is 68.1. The van der Waals surface area contributed by atoms with Gasteiger partial charge in [-0.1, -0.05) is 231 Å². The highest BCUT2D eigenvalue weighted by Gasteiger charge is 2.25. The van der Waals surface area contributed by atoms with E-state index in [9.17, 15) is 0 Å². The first kappa shape index (κ1) is 58.4. The summed E-state index contributed by atoms with van der Waals surface area (Å²) in [5.74, 6) is 1.25. The highest BCUT2D eigenvalue weighted by molar-refractivity contribution is 7.26. The third kappa shape index (κ3) is 9.29. The SMILES string of the molecule is c1ccc(-c2nc(-c3cccc(-c4ccc5c(c4)sc4ccc(-c6cc(-c7cccc8c7oc7ccccc78)c7ccc8c(-c9ccc%10oc%11ccccc%11c%10c9)nc(-c9ccccc9)nc8c7n6)cc45)c3)c3ccc4c(-c5ccccc5)cc(-c5cccc6c5sc5ccccc56)nc4c3n2)cc1. The van der Waals surface area contributed by atoms with E-state index in [-0.39, 0.29) is 0 Å². The second kappa shape index (κ2) is 23.1. The predicted octanol–water partition coefficient (Wildman–Crippen LogP) is 26.2. The molecule has 482 valence electrons. The van der Waals surface area contributed by atoms with Crippen molar-refractivity contribution < 1.29 is 8.83 Å². The number of furan rings is 2.